The van der Waals surface area contributed by atoms with Gasteiger partial charge in [-0.1, -0.05) is 24.3 Å². The van der Waals surface area contributed by atoms with E-state index in [2.05, 4.69) is 19.1 Å². The maximum Gasteiger partial charge on any atom is 0.273 e. The van der Waals surface area contributed by atoms with Gasteiger partial charge in [0.1, 0.15) is 11.5 Å². The summed E-state index contributed by atoms with van der Waals surface area (Å²) in [6.07, 6.45) is 4.63. The number of rotatable bonds is 5. The van der Waals surface area contributed by atoms with Gasteiger partial charge in [-0.15, -0.1) is 0 Å². The van der Waals surface area contributed by atoms with Gasteiger partial charge in [-0.2, -0.15) is 5.10 Å². The van der Waals surface area contributed by atoms with Crippen molar-refractivity contribution in [3.05, 3.63) is 82.9 Å². The summed E-state index contributed by atoms with van der Waals surface area (Å²) in [5.41, 5.74) is 5.73. The summed E-state index contributed by atoms with van der Waals surface area (Å²) >= 11 is 0. The van der Waals surface area contributed by atoms with Gasteiger partial charge in [0, 0.05) is 54.8 Å². The van der Waals surface area contributed by atoms with Crippen LogP contribution < -0.4 is 4.90 Å². The van der Waals surface area contributed by atoms with E-state index in [1.807, 2.05) is 34.1 Å². The van der Waals surface area contributed by atoms with E-state index >= 15 is 4.39 Å². The Hall–Kier alpha value is -3.79. The van der Waals surface area contributed by atoms with Gasteiger partial charge in [-0.25, -0.2) is 22.3 Å². The van der Waals surface area contributed by atoms with Gasteiger partial charge >= 0.3 is 0 Å². The molecule has 8 nitrogen and oxygen atoms in total. The lowest BCUT2D eigenvalue weighted by Gasteiger charge is -2.35. The van der Waals surface area contributed by atoms with Gasteiger partial charge in [-0.05, 0) is 68.0 Å². The lowest BCUT2D eigenvalue weighted by atomic mass is 9.93. The maximum absolute atomic E-state index is 15.5. The van der Waals surface area contributed by atoms with E-state index in [1.165, 1.54) is 23.4 Å². The van der Waals surface area contributed by atoms with E-state index in [1.54, 1.807) is 16.6 Å². The molecule has 4 heterocycles. The summed E-state index contributed by atoms with van der Waals surface area (Å²) < 4.78 is 41.1. The normalized spacial score (nSPS) is 21.0. The minimum atomic E-state index is -3.14. The Morgan fingerprint density at radius 2 is 1.83 bits per heavy atom. The number of hydrogen-bond donors (Lipinski definition) is 0. The zero-order valence-corrected chi connectivity index (χ0v) is 23.9. The van der Waals surface area contributed by atoms with Gasteiger partial charge in [-0.3, -0.25) is 4.79 Å². The molecule has 2 fully saturated rings. The Balaban J connectivity index is 1.20. The molecule has 1 saturated carbocycles. The lowest BCUT2D eigenvalue weighted by molar-refractivity contribution is 0.0671. The van der Waals surface area contributed by atoms with E-state index in [4.69, 9.17) is 10.1 Å². The third-order valence-electron chi connectivity index (χ3n) is 8.87. The molecule has 3 aliphatic rings. The molecule has 41 heavy (non-hydrogen) atoms. The summed E-state index contributed by atoms with van der Waals surface area (Å²) in [5, 5.41) is 4.30. The van der Waals surface area contributed by atoms with Crippen LogP contribution in [0.25, 0.3) is 16.9 Å². The van der Waals surface area contributed by atoms with Gasteiger partial charge in [0.15, 0.2) is 15.5 Å². The van der Waals surface area contributed by atoms with Crippen LogP contribution in [0.4, 0.5) is 10.1 Å². The Kier molecular flexibility index (Phi) is 6.15. The molecule has 4 aromatic rings. The van der Waals surface area contributed by atoms with Gasteiger partial charge in [0.05, 0.1) is 17.0 Å². The summed E-state index contributed by atoms with van der Waals surface area (Å²) in [7, 11) is -3.14. The summed E-state index contributed by atoms with van der Waals surface area (Å²) in [6.45, 7) is 3.62. The van der Waals surface area contributed by atoms with E-state index in [0.29, 0.717) is 60.3 Å². The summed E-state index contributed by atoms with van der Waals surface area (Å²) in [4.78, 5) is 22.3. The molecule has 2 aliphatic heterocycles. The fourth-order valence-corrected chi connectivity index (χ4v) is 7.31. The highest BCUT2D eigenvalue weighted by Crippen LogP contribution is 2.41. The fraction of sp³-hybridized carbons (Fsp3) is 0.387. The van der Waals surface area contributed by atoms with E-state index < -0.39 is 20.9 Å². The number of fused-ring (bicyclic) bond motifs is 2. The molecule has 0 N–H and O–H groups in total. The minimum absolute atomic E-state index is 0.0498. The summed E-state index contributed by atoms with van der Waals surface area (Å²) in [5.74, 6) is -0.240. The van der Waals surface area contributed by atoms with Crippen LogP contribution in [-0.4, -0.2) is 65.0 Å². The molecular weight excluding hydrogens is 541 g/mol. The molecule has 0 spiro atoms. The maximum atomic E-state index is 15.5. The quantitative estimate of drug-likeness (QED) is 0.341. The zero-order valence-electron chi connectivity index (χ0n) is 23.1. The monoisotopic (exact) mass is 573 g/mol. The predicted molar refractivity (Wildman–Crippen MR) is 155 cm³/mol. The van der Waals surface area contributed by atoms with Crippen LogP contribution in [0.5, 0.6) is 0 Å². The number of amides is 1. The van der Waals surface area contributed by atoms with E-state index in [9.17, 15) is 13.2 Å². The Labute approximate surface area is 238 Å². The first kappa shape index (κ1) is 26.1. The molecular formula is C31H32FN5O3S. The average molecular weight is 574 g/mol. The van der Waals surface area contributed by atoms with E-state index in [-0.39, 0.29) is 11.9 Å². The van der Waals surface area contributed by atoms with Crippen molar-refractivity contribution in [3.8, 4) is 11.3 Å². The number of sulfone groups is 1. The number of carbonyl (C=O) groups is 1. The molecule has 2 aromatic heterocycles. The number of halogens is 1. The topological polar surface area (TPSA) is 87.9 Å². The molecule has 0 bridgehead atoms. The van der Waals surface area contributed by atoms with Crippen molar-refractivity contribution in [2.24, 2.45) is 0 Å². The first-order chi connectivity index (χ1) is 19.7. The molecule has 212 valence electrons. The average Bonchev–Trinajstić information content (AvgIpc) is 3.49. The molecule has 0 unspecified atom stereocenters. The molecule has 0 radical (unpaired) electrons. The highest BCUT2D eigenvalue weighted by Gasteiger charge is 2.33. The molecule has 1 aliphatic carbocycles. The smallest absolute Gasteiger partial charge is 0.273 e. The van der Waals surface area contributed by atoms with E-state index in [0.717, 1.165) is 25.0 Å². The molecule has 10 heteroatoms. The van der Waals surface area contributed by atoms with Crippen molar-refractivity contribution in [2.45, 2.75) is 49.8 Å². The van der Waals surface area contributed by atoms with Crippen LogP contribution >= 0.6 is 0 Å². The second kappa shape index (κ2) is 9.65. The highest BCUT2D eigenvalue weighted by atomic mass is 32.2. The number of carbonyl (C=O) groups excluding carboxylic acids is 1. The summed E-state index contributed by atoms with van der Waals surface area (Å²) in [6, 6.07) is 16.8. The first-order valence-corrected chi connectivity index (χ1v) is 16.2. The fourth-order valence-electron chi connectivity index (χ4n) is 6.33. The minimum Gasteiger partial charge on any atom is -0.370 e. The number of nitrogens with zero attached hydrogens (tertiary/aromatic N) is 5. The predicted octanol–water partition coefficient (Wildman–Crippen LogP) is 4.80. The van der Waals surface area contributed by atoms with Crippen LogP contribution in [0.1, 0.15) is 65.5 Å². The third kappa shape index (κ3) is 4.67. The van der Waals surface area contributed by atoms with Crippen molar-refractivity contribution in [3.63, 3.8) is 0 Å². The molecule has 1 amide bonds. The van der Waals surface area contributed by atoms with Crippen molar-refractivity contribution in [2.75, 3.05) is 30.8 Å². The second-order valence-corrected chi connectivity index (χ2v) is 13.9. The number of anilines is 1. The van der Waals surface area contributed by atoms with Crippen LogP contribution in [0, 0.1) is 5.82 Å². The molecule has 2 atom stereocenters. The standard InChI is InChI=1S/C31H32FN5O3S/c1-19-24-6-4-3-5-20(24)11-14-36(19)31(38)28-16-29(21-7-8-21)37-30(33-28)17-27(34-37)25-10-9-22(15-26(25)32)35-13-12-23(18-35)41(2,39)40/h3-6,9-10,15-17,19,21,23H,7-8,11-14,18H2,1-2H3/t19-,23+/m1/s1. The molecule has 7 rings (SSSR count). The third-order valence-corrected chi connectivity index (χ3v) is 10.5. The Morgan fingerprint density at radius 3 is 2.56 bits per heavy atom. The lowest BCUT2D eigenvalue weighted by Crippen LogP contribution is -2.39. The molecule has 1 saturated heterocycles. The largest absolute Gasteiger partial charge is 0.370 e. The van der Waals surface area contributed by atoms with Crippen LogP contribution in [-0.2, 0) is 16.3 Å². The number of benzene rings is 2. The van der Waals surface area contributed by atoms with Crippen molar-refractivity contribution in [1.29, 1.82) is 0 Å². The first-order valence-electron chi connectivity index (χ1n) is 14.2. The van der Waals surface area contributed by atoms with Gasteiger partial charge in [0.25, 0.3) is 5.91 Å². The van der Waals surface area contributed by atoms with Crippen LogP contribution in [0.3, 0.4) is 0 Å². The van der Waals surface area contributed by atoms with Crippen molar-refractivity contribution < 1.29 is 17.6 Å². The highest BCUT2D eigenvalue weighted by molar-refractivity contribution is 7.91. The van der Waals surface area contributed by atoms with Crippen LogP contribution in [0.15, 0.2) is 54.6 Å². The Morgan fingerprint density at radius 1 is 1.02 bits per heavy atom. The van der Waals surface area contributed by atoms with Crippen molar-refractivity contribution >= 4 is 27.1 Å². The molecule has 2 aromatic carbocycles. The number of aromatic nitrogens is 3. The van der Waals surface area contributed by atoms with Gasteiger partial charge < -0.3 is 9.80 Å². The second-order valence-electron chi connectivity index (χ2n) is 11.6. The SMILES string of the molecule is C[C@@H]1c2ccccc2CCN1C(=O)c1cc(C2CC2)n2nc(-c3ccc(N4CC[C@H](S(C)(=O)=O)C4)cc3F)cc2n1. The van der Waals surface area contributed by atoms with Crippen molar-refractivity contribution in [1.82, 2.24) is 19.5 Å². The van der Waals surface area contributed by atoms with Crippen LogP contribution in [0.2, 0.25) is 0 Å². The van der Waals surface area contributed by atoms with Gasteiger partial charge in [0.2, 0.25) is 0 Å². The number of hydrogen-bond acceptors (Lipinski definition) is 6. The zero-order chi connectivity index (χ0) is 28.5. The Bertz CT molecular complexity index is 1800.